The molecule has 0 aliphatic rings. The van der Waals surface area contributed by atoms with Gasteiger partial charge in [-0.2, -0.15) is 9.97 Å². The number of aromatic nitrogens is 3. The van der Waals surface area contributed by atoms with Crippen molar-refractivity contribution in [2.24, 2.45) is 0 Å². The molecule has 0 fully saturated rings. The topological polar surface area (TPSA) is 69.2 Å². The van der Waals surface area contributed by atoms with Crippen molar-refractivity contribution in [2.45, 2.75) is 20.0 Å². The molecule has 0 unspecified atom stereocenters. The Bertz CT molecular complexity index is 592. The minimum absolute atomic E-state index is 0.0406. The van der Waals surface area contributed by atoms with E-state index >= 15 is 0 Å². The summed E-state index contributed by atoms with van der Waals surface area (Å²) in [6, 6.07) is 7.32. The third kappa shape index (κ3) is 3.96. The van der Waals surface area contributed by atoms with Gasteiger partial charge in [0.1, 0.15) is 5.75 Å². The molecule has 1 N–H and O–H groups in total. The van der Waals surface area contributed by atoms with Gasteiger partial charge in [-0.1, -0.05) is 17.7 Å². The lowest BCUT2D eigenvalue weighted by molar-refractivity contribution is 0.218. The first-order valence-electron chi connectivity index (χ1n) is 6.10. The van der Waals surface area contributed by atoms with Crippen LogP contribution < -0.4 is 14.8 Å². The Balaban J connectivity index is 2.26. The molecule has 106 valence electrons. The number of halogens is 1. The van der Waals surface area contributed by atoms with E-state index in [1.807, 2.05) is 13.8 Å². The monoisotopic (exact) mass is 294 g/mol. The maximum Gasteiger partial charge on any atom is 0.330 e. The van der Waals surface area contributed by atoms with Gasteiger partial charge in [0.05, 0.1) is 6.10 Å². The quantitative estimate of drug-likeness (QED) is 0.913. The molecule has 7 heteroatoms. The van der Waals surface area contributed by atoms with Gasteiger partial charge in [-0.25, -0.2) is 0 Å². The highest BCUT2D eigenvalue weighted by molar-refractivity contribution is 6.30. The molecule has 0 atom stereocenters. The Kier molecular flexibility index (Phi) is 4.57. The zero-order chi connectivity index (χ0) is 14.5. The Morgan fingerprint density at radius 2 is 1.90 bits per heavy atom. The van der Waals surface area contributed by atoms with Gasteiger partial charge < -0.3 is 14.8 Å². The summed E-state index contributed by atoms with van der Waals surface area (Å²) < 4.78 is 11.0. The first kappa shape index (κ1) is 14.3. The van der Waals surface area contributed by atoms with Crippen molar-refractivity contribution in [2.75, 3.05) is 12.4 Å². The maximum atomic E-state index is 5.90. The van der Waals surface area contributed by atoms with Crippen LogP contribution in [-0.4, -0.2) is 28.1 Å². The second-order valence-electron chi connectivity index (χ2n) is 4.20. The van der Waals surface area contributed by atoms with Gasteiger partial charge in [-0.15, -0.1) is 4.98 Å². The van der Waals surface area contributed by atoms with Crippen LogP contribution in [0.2, 0.25) is 5.02 Å². The average Bonchev–Trinajstić information content (AvgIpc) is 2.37. The van der Waals surface area contributed by atoms with E-state index in [0.29, 0.717) is 16.7 Å². The number of ether oxygens (including phenoxy) is 2. The molecule has 1 aromatic carbocycles. The van der Waals surface area contributed by atoms with Crippen molar-refractivity contribution in [3.05, 3.63) is 29.3 Å². The first-order valence-corrected chi connectivity index (χ1v) is 6.48. The zero-order valence-electron chi connectivity index (χ0n) is 11.4. The molecule has 0 amide bonds. The lowest BCUT2D eigenvalue weighted by Crippen LogP contribution is -2.11. The van der Waals surface area contributed by atoms with E-state index in [4.69, 9.17) is 21.1 Å². The van der Waals surface area contributed by atoms with Crippen LogP contribution in [0.15, 0.2) is 24.3 Å². The van der Waals surface area contributed by atoms with Gasteiger partial charge in [-0.05, 0) is 32.0 Å². The minimum Gasteiger partial charge on any atom is -0.461 e. The third-order valence-electron chi connectivity index (χ3n) is 2.16. The summed E-state index contributed by atoms with van der Waals surface area (Å²) >= 11 is 5.90. The number of anilines is 1. The Morgan fingerprint density at radius 1 is 1.15 bits per heavy atom. The molecule has 2 aromatic rings. The predicted octanol–water partition coefficient (Wildman–Crippen LogP) is 3.15. The fraction of sp³-hybridized carbons (Fsp3) is 0.308. The Labute approximate surface area is 122 Å². The van der Waals surface area contributed by atoms with E-state index in [0.717, 1.165) is 0 Å². The number of nitrogens with zero attached hydrogens (tertiary/aromatic N) is 3. The van der Waals surface area contributed by atoms with Gasteiger partial charge in [0, 0.05) is 12.1 Å². The van der Waals surface area contributed by atoms with Gasteiger partial charge in [0.25, 0.3) is 0 Å². The number of nitrogens with one attached hydrogen (secondary N) is 1. The molecule has 0 bridgehead atoms. The molecule has 0 spiro atoms. The van der Waals surface area contributed by atoms with Crippen molar-refractivity contribution in [3.8, 4) is 17.8 Å². The Morgan fingerprint density at radius 3 is 2.55 bits per heavy atom. The lowest BCUT2D eigenvalue weighted by atomic mass is 10.3. The van der Waals surface area contributed by atoms with Crippen LogP contribution in [0, 0.1) is 0 Å². The molecule has 1 aromatic heterocycles. The van der Waals surface area contributed by atoms with Crippen LogP contribution in [0.4, 0.5) is 5.95 Å². The molecule has 0 aliphatic heterocycles. The summed E-state index contributed by atoms with van der Waals surface area (Å²) in [5.41, 5.74) is 0. The highest BCUT2D eigenvalue weighted by Crippen LogP contribution is 2.23. The summed E-state index contributed by atoms with van der Waals surface area (Å²) in [5.74, 6) is 0.911. The normalized spacial score (nSPS) is 10.4. The van der Waals surface area contributed by atoms with E-state index in [-0.39, 0.29) is 18.1 Å². The van der Waals surface area contributed by atoms with Crippen molar-refractivity contribution in [1.82, 2.24) is 15.0 Å². The predicted molar refractivity (Wildman–Crippen MR) is 76.7 cm³/mol. The summed E-state index contributed by atoms with van der Waals surface area (Å²) in [4.78, 5) is 12.3. The molecule has 0 saturated heterocycles. The van der Waals surface area contributed by atoms with E-state index in [1.165, 1.54) is 0 Å². The molecule has 6 nitrogen and oxygen atoms in total. The fourth-order valence-corrected chi connectivity index (χ4v) is 1.58. The SMILES string of the molecule is CNc1nc(Oc2cccc(Cl)c2)nc(OC(C)C)n1. The van der Waals surface area contributed by atoms with E-state index < -0.39 is 0 Å². The molecule has 20 heavy (non-hydrogen) atoms. The minimum atomic E-state index is -0.0406. The molecular weight excluding hydrogens is 280 g/mol. The van der Waals surface area contributed by atoms with Crippen LogP contribution in [0.1, 0.15) is 13.8 Å². The van der Waals surface area contributed by atoms with Crippen molar-refractivity contribution in [1.29, 1.82) is 0 Å². The van der Waals surface area contributed by atoms with Gasteiger partial charge >= 0.3 is 12.0 Å². The molecular formula is C13H15ClN4O2. The highest BCUT2D eigenvalue weighted by Gasteiger charge is 2.10. The van der Waals surface area contributed by atoms with E-state index in [9.17, 15) is 0 Å². The van der Waals surface area contributed by atoms with Gasteiger partial charge in [-0.3, -0.25) is 0 Å². The number of hydrogen-bond donors (Lipinski definition) is 1. The number of rotatable bonds is 5. The van der Waals surface area contributed by atoms with Gasteiger partial charge in [0.15, 0.2) is 0 Å². The lowest BCUT2D eigenvalue weighted by Gasteiger charge is -2.10. The maximum absolute atomic E-state index is 5.90. The second kappa shape index (κ2) is 6.38. The van der Waals surface area contributed by atoms with Gasteiger partial charge in [0.2, 0.25) is 5.95 Å². The highest BCUT2D eigenvalue weighted by atomic mass is 35.5. The van der Waals surface area contributed by atoms with Crippen molar-refractivity contribution >= 4 is 17.5 Å². The van der Waals surface area contributed by atoms with E-state index in [1.54, 1.807) is 31.3 Å². The van der Waals surface area contributed by atoms with Crippen LogP contribution in [-0.2, 0) is 0 Å². The van der Waals surface area contributed by atoms with Crippen LogP contribution in [0.3, 0.4) is 0 Å². The largest absolute Gasteiger partial charge is 0.461 e. The zero-order valence-corrected chi connectivity index (χ0v) is 12.2. The Hall–Kier alpha value is -2.08. The third-order valence-corrected chi connectivity index (χ3v) is 2.40. The molecule has 1 heterocycles. The smallest absolute Gasteiger partial charge is 0.330 e. The van der Waals surface area contributed by atoms with E-state index in [2.05, 4.69) is 20.3 Å². The number of benzene rings is 1. The van der Waals surface area contributed by atoms with Crippen LogP contribution >= 0.6 is 11.6 Å². The molecule has 0 aliphatic carbocycles. The summed E-state index contributed by atoms with van der Waals surface area (Å²) in [5, 5.41) is 3.40. The standard InChI is InChI=1S/C13H15ClN4O2/c1-8(2)19-12-16-11(15-3)17-13(18-12)20-10-6-4-5-9(14)7-10/h4-8H,1-3H3,(H,15,16,17,18). The summed E-state index contributed by atoms with van der Waals surface area (Å²) in [6.45, 7) is 3.78. The fourth-order valence-electron chi connectivity index (χ4n) is 1.39. The summed E-state index contributed by atoms with van der Waals surface area (Å²) in [7, 11) is 1.71. The van der Waals surface area contributed by atoms with Crippen molar-refractivity contribution in [3.63, 3.8) is 0 Å². The first-order chi connectivity index (χ1) is 9.56. The molecule has 2 rings (SSSR count). The molecule has 0 radical (unpaired) electrons. The number of hydrogen-bond acceptors (Lipinski definition) is 6. The van der Waals surface area contributed by atoms with Crippen molar-refractivity contribution < 1.29 is 9.47 Å². The van der Waals surface area contributed by atoms with Crippen LogP contribution in [0.5, 0.6) is 17.8 Å². The summed E-state index contributed by atoms with van der Waals surface area (Å²) in [6.07, 6.45) is -0.0406. The van der Waals surface area contributed by atoms with Crippen LogP contribution in [0.25, 0.3) is 0 Å². The average molecular weight is 295 g/mol. The molecule has 0 saturated carbocycles. The second-order valence-corrected chi connectivity index (χ2v) is 4.64.